The second-order valence-corrected chi connectivity index (χ2v) is 10.1. The summed E-state index contributed by atoms with van der Waals surface area (Å²) >= 11 is 15.5. The predicted octanol–water partition coefficient (Wildman–Crippen LogP) is 7.45. The number of aromatic nitrogens is 2. The van der Waals surface area contributed by atoms with Gasteiger partial charge in [-0.25, -0.2) is 4.98 Å². The van der Waals surface area contributed by atoms with Crippen LogP contribution in [0.3, 0.4) is 0 Å². The molecule has 4 aromatic rings. The van der Waals surface area contributed by atoms with Gasteiger partial charge >= 0.3 is 0 Å². The van der Waals surface area contributed by atoms with E-state index in [1.807, 2.05) is 57.2 Å². The summed E-state index contributed by atoms with van der Waals surface area (Å²) < 4.78 is 13.9. The Morgan fingerprint density at radius 2 is 1.83 bits per heavy atom. The lowest BCUT2D eigenvalue weighted by atomic mass is 10.2. The van der Waals surface area contributed by atoms with Crippen molar-refractivity contribution >= 4 is 56.2 Å². The van der Waals surface area contributed by atoms with Crippen LogP contribution in [-0.2, 0) is 6.61 Å². The van der Waals surface area contributed by atoms with Crippen molar-refractivity contribution in [3.63, 3.8) is 0 Å². The molecular weight excluding hydrogens is 565 g/mol. The van der Waals surface area contributed by atoms with Gasteiger partial charge in [-0.15, -0.1) is 0 Å². The number of halogens is 3. The Hall–Kier alpha value is -2.87. The molecule has 36 heavy (non-hydrogen) atoms. The lowest BCUT2D eigenvalue weighted by Gasteiger charge is -2.13. The fourth-order valence-corrected chi connectivity index (χ4v) is 4.24. The van der Waals surface area contributed by atoms with Crippen LogP contribution in [0.5, 0.6) is 11.5 Å². The van der Waals surface area contributed by atoms with Crippen molar-refractivity contribution in [2.24, 2.45) is 5.10 Å². The molecule has 1 aromatic heterocycles. The fraction of sp³-hybridized carbons (Fsp3) is 0.222. The second-order valence-electron chi connectivity index (χ2n) is 8.32. The Kier molecular flexibility index (Phi) is 8.34. The summed E-state index contributed by atoms with van der Waals surface area (Å²) in [6, 6.07) is 16.3. The number of rotatable bonds is 8. The highest BCUT2D eigenvalue weighted by Gasteiger charge is 2.14. The van der Waals surface area contributed by atoms with Crippen molar-refractivity contribution in [1.82, 2.24) is 9.66 Å². The number of ether oxygens (including phenoxy) is 2. The van der Waals surface area contributed by atoms with Crippen LogP contribution in [0, 0.1) is 0 Å². The van der Waals surface area contributed by atoms with E-state index in [1.54, 1.807) is 24.4 Å². The Labute approximate surface area is 227 Å². The molecular formula is C27H24BrCl2N3O3. The third kappa shape index (κ3) is 5.91. The van der Waals surface area contributed by atoms with Crippen molar-refractivity contribution in [2.45, 2.75) is 33.3 Å². The highest BCUT2D eigenvalue weighted by atomic mass is 79.9. The molecule has 0 aliphatic heterocycles. The molecule has 0 aliphatic rings. The maximum Gasteiger partial charge on any atom is 0.282 e. The maximum absolute atomic E-state index is 13.2. The number of hydrogen-bond acceptors (Lipinski definition) is 5. The first-order valence-corrected chi connectivity index (χ1v) is 12.9. The van der Waals surface area contributed by atoms with Gasteiger partial charge in [0.25, 0.3) is 5.56 Å². The molecule has 0 radical (unpaired) electrons. The minimum absolute atomic E-state index is 0.000898. The molecule has 0 saturated carbocycles. The van der Waals surface area contributed by atoms with Gasteiger partial charge in [0.05, 0.1) is 33.8 Å². The van der Waals surface area contributed by atoms with Crippen LogP contribution >= 0.6 is 39.1 Å². The van der Waals surface area contributed by atoms with Crippen LogP contribution in [-0.4, -0.2) is 22.5 Å². The van der Waals surface area contributed by atoms with E-state index in [-0.39, 0.29) is 11.5 Å². The van der Waals surface area contributed by atoms with Gasteiger partial charge in [0.15, 0.2) is 11.5 Å². The Bertz CT molecular complexity index is 1500. The average Bonchev–Trinajstić information content (AvgIpc) is 2.85. The summed E-state index contributed by atoms with van der Waals surface area (Å²) in [5.41, 5.74) is 2.04. The topological polar surface area (TPSA) is 65.7 Å². The van der Waals surface area contributed by atoms with E-state index in [2.05, 4.69) is 26.0 Å². The summed E-state index contributed by atoms with van der Waals surface area (Å²) in [5, 5.41) is 5.96. The van der Waals surface area contributed by atoms with Crippen molar-refractivity contribution in [1.29, 1.82) is 0 Å². The third-order valence-corrected chi connectivity index (χ3v) is 6.55. The van der Waals surface area contributed by atoms with Crippen LogP contribution in [0.4, 0.5) is 0 Å². The van der Waals surface area contributed by atoms with E-state index in [9.17, 15) is 4.79 Å². The van der Waals surface area contributed by atoms with Gasteiger partial charge in [-0.1, -0.05) is 59.0 Å². The zero-order valence-corrected chi connectivity index (χ0v) is 23.1. The summed E-state index contributed by atoms with van der Waals surface area (Å²) in [5.74, 6) is 1.73. The van der Waals surface area contributed by atoms with E-state index >= 15 is 0 Å². The van der Waals surface area contributed by atoms with Crippen molar-refractivity contribution in [3.05, 3.63) is 96.4 Å². The third-order valence-electron chi connectivity index (χ3n) is 5.32. The molecule has 0 N–H and O–H groups in total. The van der Waals surface area contributed by atoms with Gasteiger partial charge in [-0.3, -0.25) is 4.79 Å². The van der Waals surface area contributed by atoms with E-state index in [0.717, 1.165) is 15.6 Å². The molecule has 0 aliphatic carbocycles. The Morgan fingerprint density at radius 3 is 2.56 bits per heavy atom. The summed E-state index contributed by atoms with van der Waals surface area (Å²) in [7, 11) is 0. The molecule has 0 amide bonds. The zero-order chi connectivity index (χ0) is 25.8. The molecule has 0 unspecified atom stereocenters. The minimum atomic E-state index is -0.229. The average molecular weight is 589 g/mol. The largest absolute Gasteiger partial charge is 0.490 e. The van der Waals surface area contributed by atoms with E-state index < -0.39 is 0 Å². The SMILES string of the molecule is CCOc1cc(C=Nn2c(C(C)C)nc3ccc(Br)cc3c2=O)ccc1OCc1ccc(Cl)c(Cl)c1. The fourth-order valence-electron chi connectivity index (χ4n) is 3.56. The van der Waals surface area contributed by atoms with Gasteiger partial charge in [0.2, 0.25) is 0 Å². The Morgan fingerprint density at radius 1 is 1.03 bits per heavy atom. The van der Waals surface area contributed by atoms with E-state index in [0.29, 0.717) is 51.5 Å². The summed E-state index contributed by atoms with van der Waals surface area (Å²) in [4.78, 5) is 17.9. The molecule has 186 valence electrons. The van der Waals surface area contributed by atoms with Gasteiger partial charge in [0.1, 0.15) is 12.4 Å². The smallest absolute Gasteiger partial charge is 0.282 e. The van der Waals surface area contributed by atoms with Crippen LogP contribution in [0.15, 0.2) is 69.0 Å². The number of nitrogens with zero attached hydrogens (tertiary/aromatic N) is 3. The molecule has 0 bridgehead atoms. The number of benzene rings is 3. The molecule has 9 heteroatoms. The molecule has 3 aromatic carbocycles. The first-order chi connectivity index (χ1) is 17.3. The number of fused-ring (bicyclic) bond motifs is 1. The van der Waals surface area contributed by atoms with Gasteiger partial charge in [-0.2, -0.15) is 9.78 Å². The maximum atomic E-state index is 13.2. The first kappa shape index (κ1) is 26.2. The molecule has 1 heterocycles. The van der Waals surface area contributed by atoms with Crippen LogP contribution in [0.25, 0.3) is 10.9 Å². The standard InChI is InChI=1S/C27H24BrCl2N3O3/c1-4-35-25-12-17(6-10-24(25)36-15-18-5-8-21(29)22(30)11-18)14-31-33-26(16(2)3)32-23-9-7-19(28)13-20(23)27(33)34/h5-14,16H,4,15H2,1-3H3. The normalized spacial score (nSPS) is 11.5. The van der Waals surface area contributed by atoms with Crippen LogP contribution in [0.1, 0.15) is 43.6 Å². The molecule has 6 nitrogen and oxygen atoms in total. The van der Waals surface area contributed by atoms with Crippen LogP contribution in [0.2, 0.25) is 10.0 Å². The monoisotopic (exact) mass is 587 g/mol. The van der Waals surface area contributed by atoms with E-state index in [4.69, 9.17) is 32.7 Å². The second kappa shape index (κ2) is 11.5. The summed E-state index contributed by atoms with van der Waals surface area (Å²) in [6.45, 7) is 6.62. The zero-order valence-electron chi connectivity index (χ0n) is 20.0. The van der Waals surface area contributed by atoms with Crippen molar-refractivity contribution < 1.29 is 9.47 Å². The van der Waals surface area contributed by atoms with Gasteiger partial charge in [0, 0.05) is 10.4 Å². The van der Waals surface area contributed by atoms with Gasteiger partial charge < -0.3 is 9.47 Å². The molecule has 0 saturated heterocycles. The van der Waals surface area contributed by atoms with Crippen molar-refractivity contribution in [2.75, 3.05) is 6.61 Å². The number of hydrogen-bond donors (Lipinski definition) is 0. The highest BCUT2D eigenvalue weighted by molar-refractivity contribution is 9.10. The minimum Gasteiger partial charge on any atom is -0.490 e. The van der Waals surface area contributed by atoms with E-state index in [1.165, 1.54) is 4.68 Å². The molecule has 0 atom stereocenters. The van der Waals surface area contributed by atoms with Gasteiger partial charge in [-0.05, 0) is 66.6 Å². The highest BCUT2D eigenvalue weighted by Crippen LogP contribution is 2.30. The van der Waals surface area contributed by atoms with Crippen LogP contribution < -0.4 is 15.0 Å². The lowest BCUT2D eigenvalue weighted by Crippen LogP contribution is -2.23. The molecule has 4 rings (SSSR count). The quantitative estimate of drug-likeness (QED) is 0.200. The first-order valence-electron chi connectivity index (χ1n) is 11.4. The summed E-state index contributed by atoms with van der Waals surface area (Å²) in [6.07, 6.45) is 1.62. The van der Waals surface area contributed by atoms with Crippen molar-refractivity contribution in [3.8, 4) is 11.5 Å². The molecule has 0 spiro atoms. The molecule has 0 fully saturated rings. The Balaban J connectivity index is 1.64. The predicted molar refractivity (Wildman–Crippen MR) is 149 cm³/mol. The lowest BCUT2D eigenvalue weighted by molar-refractivity contribution is 0.269.